The normalized spacial score (nSPS) is 18.0. The fourth-order valence-corrected chi connectivity index (χ4v) is 3.48. The van der Waals surface area contributed by atoms with Crippen molar-refractivity contribution < 1.29 is 14.7 Å². The Bertz CT molecular complexity index is 616. The second-order valence-electron chi connectivity index (χ2n) is 4.83. The topological polar surface area (TPSA) is 70.5 Å². The van der Waals surface area contributed by atoms with Gasteiger partial charge in [0.1, 0.15) is 10.4 Å². The molecule has 1 fully saturated rings. The third kappa shape index (κ3) is 3.72. The van der Waals surface area contributed by atoms with E-state index in [2.05, 4.69) is 4.98 Å². The van der Waals surface area contributed by atoms with Crippen LogP contribution in [0.3, 0.4) is 0 Å². The number of aromatic nitrogens is 1. The van der Waals surface area contributed by atoms with Crippen LogP contribution in [0.4, 0.5) is 0 Å². The Kier molecular flexibility index (Phi) is 5.68. The number of carboxylic acid groups (broad SMARTS) is 1. The molecule has 0 spiro atoms. The van der Waals surface area contributed by atoms with Gasteiger partial charge in [-0.2, -0.15) is 0 Å². The molecule has 1 N–H and O–H groups in total. The van der Waals surface area contributed by atoms with Crippen molar-refractivity contribution in [2.45, 2.75) is 32.2 Å². The van der Waals surface area contributed by atoms with E-state index in [4.69, 9.17) is 12.2 Å². The summed E-state index contributed by atoms with van der Waals surface area (Å²) in [4.78, 5) is 29.6. The van der Waals surface area contributed by atoms with Crippen molar-refractivity contribution in [1.82, 2.24) is 9.88 Å². The van der Waals surface area contributed by atoms with E-state index in [-0.39, 0.29) is 5.91 Å². The van der Waals surface area contributed by atoms with E-state index in [0.29, 0.717) is 15.6 Å². The minimum absolute atomic E-state index is 0.295. The first kappa shape index (κ1) is 16.6. The molecule has 1 aromatic heterocycles. The lowest BCUT2D eigenvalue weighted by Gasteiger charge is -2.22. The summed E-state index contributed by atoms with van der Waals surface area (Å²) in [5, 5.41) is 9.38. The average Bonchev–Trinajstić information content (AvgIpc) is 2.76. The number of amides is 1. The fraction of sp³-hybridized carbons (Fsp3) is 0.333. The van der Waals surface area contributed by atoms with Gasteiger partial charge in [-0.15, -0.1) is 0 Å². The number of rotatable bonds is 6. The summed E-state index contributed by atoms with van der Waals surface area (Å²) in [7, 11) is 0. The largest absolute Gasteiger partial charge is 0.480 e. The summed E-state index contributed by atoms with van der Waals surface area (Å²) in [5.41, 5.74) is 0.781. The predicted molar refractivity (Wildman–Crippen MR) is 90.2 cm³/mol. The molecule has 22 heavy (non-hydrogen) atoms. The molecule has 1 amide bonds. The zero-order valence-electron chi connectivity index (χ0n) is 12.1. The minimum Gasteiger partial charge on any atom is -0.480 e. The molecule has 0 aliphatic carbocycles. The molecule has 7 heteroatoms. The Morgan fingerprint density at radius 3 is 2.95 bits per heavy atom. The number of thioether (sulfide) groups is 1. The van der Waals surface area contributed by atoms with Crippen molar-refractivity contribution in [1.29, 1.82) is 0 Å². The van der Waals surface area contributed by atoms with Crippen LogP contribution >= 0.6 is 24.0 Å². The number of thiocarbonyl (C=S) groups is 1. The number of carboxylic acids is 1. The predicted octanol–water partition coefficient (Wildman–Crippen LogP) is 2.93. The van der Waals surface area contributed by atoms with E-state index in [9.17, 15) is 14.7 Å². The molecule has 0 radical (unpaired) electrons. The van der Waals surface area contributed by atoms with Gasteiger partial charge in [-0.1, -0.05) is 49.8 Å². The fourth-order valence-electron chi connectivity index (χ4n) is 2.12. The van der Waals surface area contributed by atoms with Gasteiger partial charge in [0.2, 0.25) is 0 Å². The second kappa shape index (κ2) is 7.51. The molecule has 1 atom stereocenters. The van der Waals surface area contributed by atoms with Gasteiger partial charge in [0.15, 0.2) is 0 Å². The van der Waals surface area contributed by atoms with Crippen LogP contribution in [-0.4, -0.2) is 37.2 Å². The molecule has 1 aliphatic rings. The van der Waals surface area contributed by atoms with Crippen molar-refractivity contribution in [3.63, 3.8) is 0 Å². The zero-order chi connectivity index (χ0) is 16.1. The van der Waals surface area contributed by atoms with E-state index in [0.717, 1.165) is 30.2 Å². The third-order valence-electron chi connectivity index (χ3n) is 3.23. The number of unbranched alkanes of at least 4 members (excludes halogenated alkanes) is 1. The standard InChI is InChI=1S/C15H16N2O3S2/c1-2-3-6-11(14(19)20)17-13(18)12(22-15(17)21)8-10-5-4-7-16-9-10/h4-5,7-9,11H,2-3,6H2,1H3,(H,19,20)/b12-8-/t11-/m1/s1. The average molecular weight is 336 g/mol. The quantitative estimate of drug-likeness (QED) is 0.636. The molecule has 0 aromatic carbocycles. The summed E-state index contributed by atoms with van der Waals surface area (Å²) in [6.45, 7) is 1.98. The summed E-state index contributed by atoms with van der Waals surface area (Å²) in [6.07, 6.45) is 6.97. The lowest BCUT2D eigenvalue weighted by atomic mass is 10.1. The van der Waals surface area contributed by atoms with Gasteiger partial charge >= 0.3 is 5.97 Å². The van der Waals surface area contributed by atoms with E-state index in [1.807, 2.05) is 13.0 Å². The maximum absolute atomic E-state index is 12.5. The Balaban J connectivity index is 2.24. The highest BCUT2D eigenvalue weighted by Crippen LogP contribution is 2.34. The van der Waals surface area contributed by atoms with Crippen molar-refractivity contribution in [2.75, 3.05) is 0 Å². The number of hydrogen-bond donors (Lipinski definition) is 1. The highest BCUT2D eigenvalue weighted by Gasteiger charge is 2.40. The lowest BCUT2D eigenvalue weighted by Crippen LogP contribution is -2.43. The van der Waals surface area contributed by atoms with Gasteiger partial charge in [-0.3, -0.25) is 14.7 Å². The highest BCUT2D eigenvalue weighted by atomic mass is 32.2. The van der Waals surface area contributed by atoms with Crippen molar-refractivity contribution >= 4 is 46.3 Å². The highest BCUT2D eigenvalue weighted by molar-refractivity contribution is 8.26. The van der Waals surface area contributed by atoms with Gasteiger partial charge in [0, 0.05) is 12.4 Å². The smallest absolute Gasteiger partial charge is 0.326 e. The second-order valence-corrected chi connectivity index (χ2v) is 6.51. The molecular formula is C15H16N2O3S2. The van der Waals surface area contributed by atoms with E-state index in [1.165, 1.54) is 4.90 Å². The SMILES string of the molecule is CCCC[C@H](C(=O)O)N1C(=O)/C(=C/c2cccnc2)SC1=S. The number of hydrogen-bond acceptors (Lipinski definition) is 5. The molecule has 2 heterocycles. The molecule has 1 saturated heterocycles. The molecule has 0 saturated carbocycles. The van der Waals surface area contributed by atoms with Gasteiger partial charge in [-0.25, -0.2) is 4.79 Å². The van der Waals surface area contributed by atoms with Crippen LogP contribution in [0.25, 0.3) is 6.08 Å². The lowest BCUT2D eigenvalue weighted by molar-refractivity contribution is -0.145. The maximum Gasteiger partial charge on any atom is 0.326 e. The number of pyridine rings is 1. The molecule has 0 unspecified atom stereocenters. The first-order valence-electron chi connectivity index (χ1n) is 6.94. The van der Waals surface area contributed by atoms with E-state index < -0.39 is 12.0 Å². The van der Waals surface area contributed by atoms with Crippen LogP contribution in [0.2, 0.25) is 0 Å². The molecule has 0 bridgehead atoms. The van der Waals surface area contributed by atoms with Crippen LogP contribution in [0.15, 0.2) is 29.4 Å². The first-order valence-corrected chi connectivity index (χ1v) is 8.17. The molecule has 5 nitrogen and oxygen atoms in total. The molecular weight excluding hydrogens is 320 g/mol. The summed E-state index contributed by atoms with van der Waals surface area (Å²) >= 11 is 6.34. The Labute approximate surface area is 138 Å². The van der Waals surface area contributed by atoms with Gasteiger partial charge in [0.25, 0.3) is 5.91 Å². The summed E-state index contributed by atoms with van der Waals surface area (Å²) in [5.74, 6) is -1.37. The molecule has 1 aromatic rings. The van der Waals surface area contributed by atoms with Crippen LogP contribution in [0.5, 0.6) is 0 Å². The van der Waals surface area contributed by atoms with Gasteiger partial charge in [0.05, 0.1) is 4.91 Å². The van der Waals surface area contributed by atoms with Crippen LogP contribution in [0, 0.1) is 0 Å². The Morgan fingerprint density at radius 1 is 1.59 bits per heavy atom. The minimum atomic E-state index is -1.02. The van der Waals surface area contributed by atoms with E-state index >= 15 is 0 Å². The Hall–Kier alpha value is -1.73. The number of aliphatic carboxylic acids is 1. The summed E-state index contributed by atoms with van der Waals surface area (Å²) in [6, 6.07) is 2.70. The number of carbonyl (C=O) groups is 2. The van der Waals surface area contributed by atoms with Crippen LogP contribution in [0.1, 0.15) is 31.7 Å². The number of nitrogens with zero attached hydrogens (tertiary/aromatic N) is 2. The molecule has 116 valence electrons. The Morgan fingerprint density at radius 2 is 2.36 bits per heavy atom. The third-order valence-corrected chi connectivity index (χ3v) is 4.56. The van der Waals surface area contributed by atoms with Gasteiger partial charge in [-0.05, 0) is 24.1 Å². The van der Waals surface area contributed by atoms with Crippen molar-refractivity contribution in [3.8, 4) is 0 Å². The van der Waals surface area contributed by atoms with Crippen LogP contribution < -0.4 is 0 Å². The molecule has 2 rings (SSSR count). The van der Waals surface area contributed by atoms with Crippen LogP contribution in [-0.2, 0) is 9.59 Å². The number of carbonyl (C=O) groups excluding carboxylic acids is 1. The van der Waals surface area contributed by atoms with E-state index in [1.54, 1.807) is 24.5 Å². The van der Waals surface area contributed by atoms with Crippen molar-refractivity contribution in [3.05, 3.63) is 35.0 Å². The zero-order valence-corrected chi connectivity index (χ0v) is 13.7. The van der Waals surface area contributed by atoms with Crippen molar-refractivity contribution in [2.24, 2.45) is 0 Å². The molecule has 1 aliphatic heterocycles. The maximum atomic E-state index is 12.5. The van der Waals surface area contributed by atoms with Gasteiger partial charge < -0.3 is 5.11 Å². The monoisotopic (exact) mass is 336 g/mol. The first-order chi connectivity index (χ1) is 10.5. The summed E-state index contributed by atoms with van der Waals surface area (Å²) < 4.78 is 0.295.